The second-order valence-corrected chi connectivity index (χ2v) is 15.5. The van der Waals surface area contributed by atoms with Crippen LogP contribution in [0.5, 0.6) is 0 Å². The topological polar surface area (TPSA) is 145 Å². The number of nitrogens with zero attached hydrogens (tertiary/aromatic N) is 3. The summed E-state index contributed by atoms with van der Waals surface area (Å²) in [7, 11) is 1.35. The monoisotopic (exact) mass is 910 g/mol. The van der Waals surface area contributed by atoms with Crippen molar-refractivity contribution in [1.29, 1.82) is 0 Å². The van der Waals surface area contributed by atoms with Crippen molar-refractivity contribution in [3.63, 3.8) is 0 Å². The lowest BCUT2D eigenvalue weighted by molar-refractivity contribution is 0.0598. The van der Waals surface area contributed by atoms with E-state index in [4.69, 9.17) is 56.9 Å². The van der Waals surface area contributed by atoms with E-state index in [-0.39, 0.29) is 11.3 Å². The molecule has 0 aliphatic carbocycles. The summed E-state index contributed by atoms with van der Waals surface area (Å²) in [4.78, 5) is 48.7. The van der Waals surface area contributed by atoms with Crippen molar-refractivity contribution in [2.24, 2.45) is 5.73 Å². The molecule has 0 aliphatic rings. The molecule has 0 fully saturated rings. The normalized spacial score (nSPS) is 10.7. The third kappa shape index (κ3) is 9.08. The molecule has 3 heterocycles. The van der Waals surface area contributed by atoms with Gasteiger partial charge >= 0.3 is 11.9 Å². The fourth-order valence-electron chi connectivity index (χ4n) is 5.22. The van der Waals surface area contributed by atoms with E-state index in [0.717, 1.165) is 27.4 Å². The van der Waals surface area contributed by atoms with Crippen LogP contribution in [0.4, 0.5) is 0 Å². The molecule has 16 heteroatoms. The maximum atomic E-state index is 12.0. The van der Waals surface area contributed by atoms with E-state index in [2.05, 4.69) is 30.9 Å². The van der Waals surface area contributed by atoms with Crippen LogP contribution in [0.3, 0.4) is 0 Å². The van der Waals surface area contributed by atoms with Crippen molar-refractivity contribution < 1.29 is 24.2 Å². The minimum absolute atomic E-state index is 0.00824. The molecule has 1 amide bonds. The Morgan fingerprint density at radius 2 is 1.22 bits per heavy atom. The summed E-state index contributed by atoms with van der Waals surface area (Å²) in [5.74, 6) is -2.27. The molecule has 0 spiro atoms. The second kappa shape index (κ2) is 17.4. The van der Waals surface area contributed by atoms with Gasteiger partial charge in [-0.2, -0.15) is 0 Å². The molecule has 0 aliphatic heterocycles. The number of aromatic carboxylic acids is 1. The number of carbonyl (C=O) groups is 3. The lowest BCUT2D eigenvalue weighted by atomic mass is 9.96. The molecule has 9 nitrogen and oxygen atoms in total. The van der Waals surface area contributed by atoms with E-state index < -0.39 is 17.8 Å². The number of carboxylic acids is 1. The van der Waals surface area contributed by atoms with Crippen LogP contribution in [0.2, 0.25) is 20.1 Å². The molecule has 4 aromatic carbocycles. The maximum absolute atomic E-state index is 12.0. The number of benzene rings is 4. The number of hydrogen-bond acceptors (Lipinski definition) is 9. The average Bonchev–Trinajstić information content (AvgIpc) is 3.89. The number of methoxy groups -OCH3 is 1. The number of ether oxygens (including phenoxy) is 1. The molecule has 7 aromatic rings. The number of nitrogens with two attached hydrogens (primary N) is 1. The first-order valence-corrected chi connectivity index (χ1v) is 19.7. The van der Waals surface area contributed by atoms with Crippen LogP contribution >= 0.6 is 85.0 Å². The molecule has 3 aromatic heterocycles. The Labute approximate surface area is 350 Å². The van der Waals surface area contributed by atoms with Crippen LogP contribution in [-0.2, 0) is 4.74 Å². The van der Waals surface area contributed by atoms with Crippen LogP contribution in [0.25, 0.3) is 54.8 Å². The number of amides is 1. The Morgan fingerprint density at radius 1 is 0.691 bits per heavy atom. The van der Waals surface area contributed by atoms with Crippen molar-refractivity contribution in [2.75, 3.05) is 7.11 Å². The first kappa shape index (κ1) is 40.0. The number of carbonyl (C=O) groups excluding carboxylic acids is 2. The molecular weight excluding hydrogens is 890 g/mol. The first-order chi connectivity index (χ1) is 26.3. The molecular formula is C39H23BrCl4N4O5S2. The summed E-state index contributed by atoms with van der Waals surface area (Å²) >= 11 is 30.3. The summed E-state index contributed by atoms with van der Waals surface area (Å²) in [6, 6.07) is 24.2. The summed E-state index contributed by atoms with van der Waals surface area (Å²) in [6.07, 6.45) is 1.43. The van der Waals surface area contributed by atoms with Gasteiger partial charge < -0.3 is 15.6 Å². The van der Waals surface area contributed by atoms with Gasteiger partial charge in [0, 0.05) is 49.2 Å². The summed E-state index contributed by atoms with van der Waals surface area (Å²) in [5.41, 5.74) is 11.2. The van der Waals surface area contributed by atoms with Crippen molar-refractivity contribution in [3.8, 4) is 54.8 Å². The molecule has 55 heavy (non-hydrogen) atoms. The van der Waals surface area contributed by atoms with Crippen molar-refractivity contribution in [2.45, 2.75) is 0 Å². The minimum Gasteiger partial charge on any atom is -0.478 e. The van der Waals surface area contributed by atoms with Crippen LogP contribution in [0.15, 0.2) is 106 Å². The predicted molar refractivity (Wildman–Crippen MR) is 224 cm³/mol. The zero-order chi connectivity index (χ0) is 39.4. The molecule has 0 saturated heterocycles. The highest BCUT2D eigenvalue weighted by Crippen LogP contribution is 2.36. The zero-order valence-electron chi connectivity index (χ0n) is 28.0. The van der Waals surface area contributed by atoms with Gasteiger partial charge in [0.15, 0.2) is 0 Å². The quantitative estimate of drug-likeness (QED) is 0.143. The van der Waals surface area contributed by atoms with Crippen molar-refractivity contribution in [1.82, 2.24) is 15.0 Å². The fourth-order valence-corrected chi connectivity index (χ4v) is 7.88. The second-order valence-electron chi connectivity index (χ2n) is 11.3. The van der Waals surface area contributed by atoms with Gasteiger partial charge in [-0.05, 0) is 70.0 Å². The zero-order valence-corrected chi connectivity index (χ0v) is 34.3. The van der Waals surface area contributed by atoms with E-state index in [9.17, 15) is 19.5 Å². The molecule has 0 saturated carbocycles. The SMILES string of the molecule is COC(=O)c1cc(-c2nc(-c3ccc(Cl)c(Cl)c3)cs2)ccc1Br.NC(=O)c1ncccc1-c1ccc(-c2nc(-c3ccc(Cl)c(Cl)c3)cs2)cc1C(=O)O. The number of halogens is 5. The highest BCUT2D eigenvalue weighted by Gasteiger charge is 2.20. The molecule has 0 radical (unpaired) electrons. The molecule has 276 valence electrons. The van der Waals surface area contributed by atoms with E-state index in [1.54, 1.807) is 54.6 Å². The third-order valence-corrected chi connectivity index (χ3v) is 11.8. The number of thiazole rings is 2. The Balaban J connectivity index is 0.000000193. The largest absolute Gasteiger partial charge is 0.478 e. The molecule has 0 atom stereocenters. The van der Waals surface area contributed by atoms with Gasteiger partial charge in [0.2, 0.25) is 0 Å². The van der Waals surface area contributed by atoms with Gasteiger partial charge in [0.1, 0.15) is 15.7 Å². The van der Waals surface area contributed by atoms with Gasteiger partial charge in [-0.15, -0.1) is 22.7 Å². The van der Waals surface area contributed by atoms with Gasteiger partial charge in [0.05, 0.1) is 49.7 Å². The van der Waals surface area contributed by atoms with Crippen LogP contribution in [-0.4, -0.2) is 45.0 Å². The van der Waals surface area contributed by atoms with Gasteiger partial charge in [-0.1, -0.05) is 82.8 Å². The molecule has 7 rings (SSSR count). The Kier molecular flexibility index (Phi) is 12.7. The lowest BCUT2D eigenvalue weighted by Crippen LogP contribution is -2.15. The fraction of sp³-hybridized carbons (Fsp3) is 0.0256. The number of hydrogen-bond donors (Lipinski definition) is 2. The molecule has 0 bridgehead atoms. The van der Waals surface area contributed by atoms with E-state index in [1.165, 1.54) is 42.0 Å². The third-order valence-electron chi connectivity index (χ3n) is 7.89. The Bertz CT molecular complexity index is 2620. The summed E-state index contributed by atoms with van der Waals surface area (Å²) in [6.45, 7) is 0. The number of esters is 1. The number of carboxylic acid groups (broad SMARTS) is 1. The summed E-state index contributed by atoms with van der Waals surface area (Å²) < 4.78 is 5.47. The average molecular weight is 913 g/mol. The summed E-state index contributed by atoms with van der Waals surface area (Å²) in [5, 5.41) is 16.9. The Morgan fingerprint density at radius 3 is 1.73 bits per heavy atom. The number of rotatable bonds is 8. The smallest absolute Gasteiger partial charge is 0.339 e. The van der Waals surface area contributed by atoms with Crippen molar-refractivity contribution >= 4 is 103 Å². The standard InChI is InChI=1S/C22H13Cl2N3O3S.C17H10BrCl2NO2S/c23-16-6-4-11(9-17(16)24)18-10-31-21(27-18)12-3-5-13(15(8-12)22(29)30)14-2-1-7-26-19(14)20(25)28;1-23-17(22)11-6-10(2-4-12(11)18)16-21-15(8-24-16)9-3-5-13(19)14(20)7-9/h1-10H,(H2,25,28)(H,29,30);2-8H,1H3. The first-order valence-electron chi connectivity index (χ1n) is 15.7. The van der Waals surface area contributed by atoms with Gasteiger partial charge in [-0.3, -0.25) is 9.78 Å². The Hall–Kier alpha value is -4.66. The number of primary amides is 1. The highest BCUT2D eigenvalue weighted by molar-refractivity contribution is 9.10. The molecule has 3 N–H and O–H groups in total. The van der Waals surface area contributed by atoms with Crippen LogP contribution < -0.4 is 5.73 Å². The predicted octanol–water partition coefficient (Wildman–Crippen LogP) is 12.0. The van der Waals surface area contributed by atoms with Crippen molar-refractivity contribution in [3.05, 3.63) is 143 Å². The van der Waals surface area contributed by atoms with Gasteiger partial charge in [0.25, 0.3) is 5.91 Å². The van der Waals surface area contributed by atoms with E-state index in [1.807, 2.05) is 35.0 Å². The lowest BCUT2D eigenvalue weighted by Gasteiger charge is -2.10. The highest BCUT2D eigenvalue weighted by atomic mass is 79.9. The minimum atomic E-state index is -1.14. The van der Waals surface area contributed by atoms with E-state index in [0.29, 0.717) is 57.5 Å². The van der Waals surface area contributed by atoms with Crippen LogP contribution in [0, 0.1) is 0 Å². The van der Waals surface area contributed by atoms with Gasteiger partial charge in [-0.25, -0.2) is 19.6 Å². The molecule has 0 unspecified atom stereocenters. The number of pyridine rings is 1. The number of aromatic nitrogens is 3. The maximum Gasteiger partial charge on any atom is 0.339 e. The van der Waals surface area contributed by atoms with E-state index >= 15 is 0 Å². The van der Waals surface area contributed by atoms with Crippen LogP contribution in [0.1, 0.15) is 31.2 Å².